The van der Waals surface area contributed by atoms with E-state index in [0.717, 1.165) is 0 Å². The zero-order chi connectivity index (χ0) is 19.6. The van der Waals surface area contributed by atoms with E-state index >= 15 is 0 Å². The van der Waals surface area contributed by atoms with Gasteiger partial charge in [0.2, 0.25) is 0 Å². The van der Waals surface area contributed by atoms with Gasteiger partial charge in [-0.25, -0.2) is 8.42 Å². The number of carbonyl (C=O) groups is 1. The summed E-state index contributed by atoms with van der Waals surface area (Å²) in [4.78, 5) is 13.9. The van der Waals surface area contributed by atoms with Gasteiger partial charge in [0.1, 0.15) is 11.0 Å². The Bertz CT molecular complexity index is 902. The summed E-state index contributed by atoms with van der Waals surface area (Å²) in [5.41, 5.74) is 1.20. The highest BCUT2D eigenvalue weighted by Crippen LogP contribution is 2.25. The number of sulfone groups is 1. The predicted octanol–water partition coefficient (Wildman–Crippen LogP) is 3.53. The molecule has 5 nitrogen and oxygen atoms in total. The van der Waals surface area contributed by atoms with Crippen LogP contribution in [0.15, 0.2) is 53.4 Å². The van der Waals surface area contributed by atoms with E-state index in [1.165, 1.54) is 22.6 Å². The van der Waals surface area contributed by atoms with Crippen molar-refractivity contribution in [3.63, 3.8) is 0 Å². The summed E-state index contributed by atoms with van der Waals surface area (Å²) in [5, 5.41) is -0.106. The fourth-order valence-electron chi connectivity index (χ4n) is 2.84. The van der Waals surface area contributed by atoms with Crippen molar-refractivity contribution in [2.24, 2.45) is 0 Å². The Hall–Kier alpha value is -2.05. The lowest BCUT2D eigenvalue weighted by Gasteiger charge is -2.38. The smallest absolute Gasteiger partial charge is 0.260 e. The predicted molar refractivity (Wildman–Crippen MR) is 105 cm³/mol. The zero-order valence-electron chi connectivity index (χ0n) is 15.3. The van der Waals surface area contributed by atoms with Crippen LogP contribution in [0.5, 0.6) is 5.75 Å². The quantitative estimate of drug-likeness (QED) is 0.734. The molecule has 1 aliphatic heterocycles. The van der Waals surface area contributed by atoms with Crippen LogP contribution in [0.25, 0.3) is 0 Å². The van der Waals surface area contributed by atoms with E-state index in [1.54, 1.807) is 12.1 Å². The molecule has 0 atom stereocenters. The van der Waals surface area contributed by atoms with E-state index in [0.29, 0.717) is 16.7 Å². The number of halogens is 1. The van der Waals surface area contributed by atoms with Gasteiger partial charge in [0, 0.05) is 18.1 Å². The topological polar surface area (TPSA) is 63.7 Å². The van der Waals surface area contributed by atoms with Crippen molar-refractivity contribution in [1.29, 1.82) is 0 Å². The average molecular weight is 408 g/mol. The fraction of sp³-hybridized carbons (Fsp3) is 0.350. The van der Waals surface area contributed by atoms with E-state index < -0.39 is 15.1 Å². The molecule has 3 rings (SSSR count). The fourth-order valence-corrected chi connectivity index (χ4v) is 4.62. The van der Waals surface area contributed by atoms with Crippen LogP contribution < -0.4 is 4.74 Å². The number of rotatable bonds is 6. The first-order chi connectivity index (χ1) is 12.8. The molecule has 0 unspecified atom stereocenters. The van der Waals surface area contributed by atoms with Gasteiger partial charge < -0.3 is 9.64 Å². The number of hydrogen-bond acceptors (Lipinski definition) is 4. The molecule has 0 N–H and O–H groups in total. The third-order valence-corrected chi connectivity index (χ3v) is 7.05. The van der Waals surface area contributed by atoms with Gasteiger partial charge in [0.15, 0.2) is 16.4 Å². The summed E-state index contributed by atoms with van der Waals surface area (Å²) >= 11 is 5.80. The highest BCUT2D eigenvalue weighted by molar-refractivity contribution is 7.92. The Balaban J connectivity index is 1.51. The van der Waals surface area contributed by atoms with Crippen molar-refractivity contribution in [1.82, 2.24) is 4.90 Å². The van der Waals surface area contributed by atoms with E-state index in [1.807, 2.05) is 24.3 Å². The molecule has 0 spiro atoms. The highest BCUT2D eigenvalue weighted by Gasteiger charge is 2.40. The van der Waals surface area contributed by atoms with Crippen molar-refractivity contribution in [2.45, 2.75) is 29.9 Å². The van der Waals surface area contributed by atoms with Gasteiger partial charge in [-0.3, -0.25) is 4.79 Å². The van der Waals surface area contributed by atoms with Crippen LogP contribution in [-0.4, -0.2) is 44.2 Å². The van der Waals surface area contributed by atoms with Gasteiger partial charge in [-0.1, -0.05) is 37.6 Å². The molecule has 7 heteroatoms. The van der Waals surface area contributed by atoms with Crippen LogP contribution in [0.4, 0.5) is 0 Å². The lowest BCUT2D eigenvalue weighted by Crippen LogP contribution is -2.57. The number of amides is 1. The summed E-state index contributed by atoms with van der Waals surface area (Å²) in [6.07, 6.45) is 0. The molecule has 27 heavy (non-hydrogen) atoms. The first-order valence-electron chi connectivity index (χ1n) is 8.77. The van der Waals surface area contributed by atoms with Crippen LogP contribution in [0, 0.1) is 0 Å². The van der Waals surface area contributed by atoms with Crippen LogP contribution >= 0.6 is 11.6 Å². The normalized spacial score (nSPS) is 14.9. The molecule has 0 bridgehead atoms. The lowest BCUT2D eigenvalue weighted by atomic mass is 10.0. The van der Waals surface area contributed by atoms with Crippen molar-refractivity contribution in [3.05, 3.63) is 59.1 Å². The second-order valence-electron chi connectivity index (χ2n) is 6.93. The summed E-state index contributed by atoms with van der Waals surface area (Å²) in [7, 11) is -3.46. The molecule has 0 saturated carbocycles. The van der Waals surface area contributed by atoms with Gasteiger partial charge >= 0.3 is 0 Å². The Morgan fingerprint density at radius 2 is 1.70 bits per heavy atom. The van der Waals surface area contributed by atoms with Crippen LogP contribution in [0.1, 0.15) is 25.3 Å². The van der Waals surface area contributed by atoms with Crippen molar-refractivity contribution >= 4 is 27.3 Å². The number of benzene rings is 2. The van der Waals surface area contributed by atoms with Crippen molar-refractivity contribution < 1.29 is 17.9 Å². The molecule has 2 aromatic rings. The molecule has 1 heterocycles. The standard InChI is InChI=1S/C20H22ClNO4S/c1-14(2)15-3-7-17(8-4-15)26-13-20(23)22-11-19(12-22)27(24,25)18-9-5-16(21)6-10-18/h3-10,14,19H,11-13H2,1-2H3. The van der Waals surface area contributed by atoms with Crippen LogP contribution in [0.3, 0.4) is 0 Å². The second kappa shape index (κ2) is 7.90. The van der Waals surface area contributed by atoms with Gasteiger partial charge in [-0.15, -0.1) is 0 Å². The van der Waals surface area contributed by atoms with Gasteiger partial charge in [0.05, 0.1) is 4.90 Å². The molecule has 0 aromatic heterocycles. The number of likely N-dealkylation sites (tertiary alicyclic amines) is 1. The van der Waals surface area contributed by atoms with E-state index in [4.69, 9.17) is 16.3 Å². The number of ether oxygens (including phenoxy) is 1. The Kier molecular flexibility index (Phi) is 5.77. The third-order valence-electron chi connectivity index (χ3n) is 4.69. The lowest BCUT2D eigenvalue weighted by molar-refractivity contribution is -0.136. The molecule has 144 valence electrons. The third kappa shape index (κ3) is 4.45. The summed E-state index contributed by atoms with van der Waals surface area (Å²) in [6, 6.07) is 13.7. The van der Waals surface area contributed by atoms with Gasteiger partial charge in [0.25, 0.3) is 5.91 Å². The SMILES string of the molecule is CC(C)c1ccc(OCC(=O)N2CC(S(=O)(=O)c3ccc(Cl)cc3)C2)cc1. The minimum Gasteiger partial charge on any atom is -0.484 e. The highest BCUT2D eigenvalue weighted by atomic mass is 35.5. The Morgan fingerprint density at radius 3 is 2.26 bits per heavy atom. The van der Waals surface area contributed by atoms with Crippen LogP contribution in [0.2, 0.25) is 5.02 Å². The molecule has 0 radical (unpaired) electrons. The zero-order valence-corrected chi connectivity index (χ0v) is 16.8. The van der Waals surface area contributed by atoms with E-state index in [9.17, 15) is 13.2 Å². The number of nitrogens with zero attached hydrogens (tertiary/aromatic N) is 1. The van der Waals surface area contributed by atoms with E-state index in [-0.39, 0.29) is 30.5 Å². The summed E-state index contributed by atoms with van der Waals surface area (Å²) < 4.78 is 30.6. The molecular formula is C20H22ClNO4S. The van der Waals surface area contributed by atoms with Crippen molar-refractivity contribution in [2.75, 3.05) is 19.7 Å². The average Bonchev–Trinajstić information content (AvgIpc) is 2.59. The molecule has 1 fully saturated rings. The van der Waals surface area contributed by atoms with E-state index in [2.05, 4.69) is 13.8 Å². The maximum absolute atomic E-state index is 12.5. The maximum atomic E-state index is 12.5. The van der Waals surface area contributed by atoms with Gasteiger partial charge in [-0.05, 0) is 47.9 Å². The first-order valence-corrected chi connectivity index (χ1v) is 10.7. The Morgan fingerprint density at radius 1 is 1.11 bits per heavy atom. The largest absolute Gasteiger partial charge is 0.484 e. The molecule has 0 aliphatic carbocycles. The Labute approximate surface area is 164 Å². The number of hydrogen-bond donors (Lipinski definition) is 0. The second-order valence-corrected chi connectivity index (χ2v) is 9.60. The van der Waals surface area contributed by atoms with Crippen molar-refractivity contribution in [3.8, 4) is 5.75 Å². The minimum atomic E-state index is -3.46. The summed E-state index contributed by atoms with van der Waals surface area (Å²) in [5.74, 6) is 0.838. The molecule has 2 aromatic carbocycles. The number of carbonyl (C=O) groups excluding carboxylic acids is 1. The van der Waals surface area contributed by atoms with Gasteiger partial charge in [-0.2, -0.15) is 0 Å². The molecular weight excluding hydrogens is 386 g/mol. The molecule has 1 amide bonds. The molecule has 1 saturated heterocycles. The molecule has 1 aliphatic rings. The monoisotopic (exact) mass is 407 g/mol. The van der Waals surface area contributed by atoms with Crippen LogP contribution in [-0.2, 0) is 14.6 Å². The first kappa shape index (κ1) is 19.7. The minimum absolute atomic E-state index is 0.102. The summed E-state index contributed by atoms with van der Waals surface area (Å²) in [6.45, 7) is 4.48. The maximum Gasteiger partial charge on any atom is 0.260 e.